The Balaban J connectivity index is 0.00000314. The molecule has 234 valence electrons. The monoisotopic (exact) mass is 800 g/mol. The molecule has 0 N–H and O–H groups in total. The molecule has 0 saturated heterocycles. The minimum atomic E-state index is -0.540. The molecule has 6 aromatic carbocycles. The Kier molecular flexibility index (Phi) is 6.38. The van der Waals surface area contributed by atoms with E-state index in [4.69, 9.17) is 0 Å². The van der Waals surface area contributed by atoms with E-state index in [1.165, 1.54) is 38.7 Å². The molecule has 5 nitrogen and oxygen atoms in total. The number of anilines is 6. The van der Waals surface area contributed by atoms with Crippen LogP contribution < -0.4 is 19.6 Å². The van der Waals surface area contributed by atoms with Crippen molar-refractivity contribution in [1.29, 1.82) is 0 Å². The van der Waals surface area contributed by atoms with Gasteiger partial charge in [0, 0.05) is 50.0 Å². The van der Waals surface area contributed by atoms with Gasteiger partial charge < -0.3 is 24.2 Å². The predicted octanol–water partition coefficient (Wildman–Crippen LogP) is 9.46. The summed E-state index contributed by atoms with van der Waals surface area (Å²) in [4.78, 5) is 8.86. The summed E-state index contributed by atoms with van der Waals surface area (Å²) >= 11 is 0. The molecule has 6 heteroatoms. The molecule has 0 aliphatic carbocycles. The van der Waals surface area contributed by atoms with E-state index < -0.39 is 5.41 Å². The van der Waals surface area contributed by atoms with Crippen LogP contribution in [0.2, 0.25) is 0 Å². The molecular formula is C42H31N5Pt. The topological polar surface area (TPSA) is 17.9 Å². The van der Waals surface area contributed by atoms with E-state index in [1.807, 2.05) is 0 Å². The van der Waals surface area contributed by atoms with Crippen LogP contribution in [0.3, 0.4) is 0 Å². The quantitative estimate of drug-likeness (QED) is 0.166. The Hall–Kier alpha value is -4.99. The Bertz CT molecular complexity index is 2410. The van der Waals surface area contributed by atoms with Gasteiger partial charge in [-0.1, -0.05) is 73.3 Å². The van der Waals surface area contributed by atoms with E-state index in [2.05, 4.69) is 192 Å². The third-order valence-electron chi connectivity index (χ3n) is 10.3. The van der Waals surface area contributed by atoms with Gasteiger partial charge in [-0.2, -0.15) is 43.7 Å². The van der Waals surface area contributed by atoms with Crippen LogP contribution in [0.5, 0.6) is 0 Å². The third-order valence-corrected chi connectivity index (χ3v) is 10.3. The van der Waals surface area contributed by atoms with Gasteiger partial charge in [0.05, 0.1) is 0 Å². The van der Waals surface area contributed by atoms with Gasteiger partial charge in [0.2, 0.25) is 0 Å². The van der Waals surface area contributed by atoms with Gasteiger partial charge in [0.1, 0.15) is 0 Å². The molecule has 0 spiro atoms. The van der Waals surface area contributed by atoms with Gasteiger partial charge >= 0.3 is 21.1 Å². The average molecular weight is 801 g/mol. The third kappa shape index (κ3) is 3.82. The molecule has 48 heavy (non-hydrogen) atoms. The number of fused-ring (bicyclic) bond motifs is 7. The standard InChI is InChI=1S/C42H31N5.Pt/c1-42(28-12-10-13-29(24-28)45-26-43(2)37-18-6-8-20-39(37)45)33-16-11-15-32-31-14-4-5-17-35(31)47(41(32)33)36-23-22-30(25-34(36)42)46-27-44(3)38-19-7-9-21-40(38)46;/h4-23,26-27H,1-3H3;/q-4;+4. The van der Waals surface area contributed by atoms with Crippen molar-refractivity contribution in [3.05, 3.63) is 163 Å². The first-order valence-electron chi connectivity index (χ1n) is 16.1. The van der Waals surface area contributed by atoms with Crippen molar-refractivity contribution in [3.8, 4) is 5.69 Å². The molecule has 1 atom stereocenters. The molecule has 1 aromatic heterocycles. The molecule has 3 aliphatic heterocycles. The van der Waals surface area contributed by atoms with Gasteiger partial charge in [-0.15, -0.1) is 34.6 Å². The van der Waals surface area contributed by atoms with E-state index in [9.17, 15) is 0 Å². The smallest absolute Gasteiger partial charge is 0.504 e. The first-order valence-corrected chi connectivity index (χ1v) is 16.1. The van der Waals surface area contributed by atoms with Crippen LogP contribution >= 0.6 is 0 Å². The fourth-order valence-corrected chi connectivity index (χ4v) is 8.07. The molecule has 4 heterocycles. The van der Waals surface area contributed by atoms with Crippen LogP contribution in [0, 0.1) is 25.5 Å². The summed E-state index contributed by atoms with van der Waals surface area (Å²) in [5, 5.41) is 2.53. The van der Waals surface area contributed by atoms with Crippen molar-refractivity contribution in [2.24, 2.45) is 0 Å². The van der Waals surface area contributed by atoms with E-state index in [1.54, 1.807) is 0 Å². The molecule has 1 unspecified atom stereocenters. The summed E-state index contributed by atoms with van der Waals surface area (Å²) in [6.07, 6.45) is 0. The molecule has 0 radical (unpaired) electrons. The minimum absolute atomic E-state index is 0. The van der Waals surface area contributed by atoms with Crippen LogP contribution in [-0.4, -0.2) is 18.7 Å². The van der Waals surface area contributed by atoms with Crippen LogP contribution in [-0.2, 0) is 26.5 Å². The number of nitrogens with zero attached hydrogens (tertiary/aromatic N) is 5. The molecule has 0 fully saturated rings. The zero-order valence-corrected chi connectivity index (χ0v) is 29.0. The maximum Gasteiger partial charge on any atom is 4.00 e. The minimum Gasteiger partial charge on any atom is -0.504 e. The van der Waals surface area contributed by atoms with Crippen molar-refractivity contribution >= 4 is 55.9 Å². The van der Waals surface area contributed by atoms with E-state index in [-0.39, 0.29) is 21.1 Å². The number of hydrogen-bond acceptors (Lipinski definition) is 4. The second-order valence-corrected chi connectivity index (χ2v) is 12.9. The van der Waals surface area contributed by atoms with Crippen LogP contribution in [0.4, 0.5) is 34.1 Å². The summed E-state index contributed by atoms with van der Waals surface area (Å²) in [6.45, 7) is 6.67. The summed E-state index contributed by atoms with van der Waals surface area (Å²) in [6, 6.07) is 51.6. The number of para-hydroxylation sites is 6. The van der Waals surface area contributed by atoms with Gasteiger partial charge in [-0.25, -0.2) is 0 Å². The SMILES string of the molecule is CN1[CH-]N(c2[c-]c(C3(C)c4[c-]c(N5[CH-]N(C)c6ccccc65)ccc4-n4c5ccccc5c5cccc3c54)ccc2)c2ccccc21.[Pt+4]. The normalized spacial score (nSPS) is 17.5. The van der Waals surface area contributed by atoms with Gasteiger partial charge in [-0.3, -0.25) is 0 Å². The Morgan fingerprint density at radius 3 is 1.83 bits per heavy atom. The second kappa shape index (κ2) is 10.5. The summed E-state index contributed by atoms with van der Waals surface area (Å²) < 4.78 is 2.45. The molecule has 3 aliphatic rings. The first kappa shape index (κ1) is 29.2. The largest absolute Gasteiger partial charge is 4.00 e. The number of benzene rings is 6. The number of aromatic nitrogens is 1. The van der Waals surface area contributed by atoms with Crippen molar-refractivity contribution in [3.63, 3.8) is 0 Å². The van der Waals surface area contributed by atoms with Gasteiger partial charge in [-0.05, 0) is 50.0 Å². The molecule has 0 bridgehead atoms. The fourth-order valence-electron chi connectivity index (χ4n) is 8.07. The maximum atomic E-state index is 4.00. The maximum absolute atomic E-state index is 4.00. The van der Waals surface area contributed by atoms with E-state index >= 15 is 0 Å². The van der Waals surface area contributed by atoms with Gasteiger partial charge in [0.25, 0.3) is 0 Å². The number of rotatable bonds is 3. The average Bonchev–Trinajstić information content (AvgIpc) is 3.77. The summed E-state index contributed by atoms with van der Waals surface area (Å²) in [5.74, 6) is 0. The van der Waals surface area contributed by atoms with E-state index in [0.29, 0.717) is 0 Å². The molecule has 10 rings (SSSR count). The van der Waals surface area contributed by atoms with Crippen LogP contribution in [0.25, 0.3) is 27.5 Å². The fraction of sp³-hybridized carbons (Fsp3) is 0.0952. The molecule has 0 saturated carbocycles. The molecule has 7 aromatic rings. The Morgan fingerprint density at radius 1 is 0.542 bits per heavy atom. The first-order chi connectivity index (χ1) is 23.0. The zero-order valence-electron chi connectivity index (χ0n) is 26.8. The molecule has 0 amide bonds. The summed E-state index contributed by atoms with van der Waals surface area (Å²) in [5.41, 5.74) is 13.3. The Morgan fingerprint density at radius 2 is 1.12 bits per heavy atom. The van der Waals surface area contributed by atoms with Crippen LogP contribution in [0.15, 0.2) is 121 Å². The van der Waals surface area contributed by atoms with Crippen molar-refractivity contribution < 1.29 is 21.1 Å². The summed E-state index contributed by atoms with van der Waals surface area (Å²) in [7, 11) is 4.20. The van der Waals surface area contributed by atoms with Crippen LogP contribution in [0.1, 0.15) is 23.6 Å². The number of hydrogen-bond donors (Lipinski definition) is 0. The Labute approximate surface area is 295 Å². The van der Waals surface area contributed by atoms with Crippen molar-refractivity contribution in [2.45, 2.75) is 12.3 Å². The van der Waals surface area contributed by atoms with Crippen molar-refractivity contribution in [1.82, 2.24) is 4.57 Å². The predicted molar refractivity (Wildman–Crippen MR) is 193 cm³/mol. The second-order valence-electron chi connectivity index (χ2n) is 12.9. The zero-order chi connectivity index (χ0) is 31.4. The van der Waals surface area contributed by atoms with Crippen molar-refractivity contribution in [2.75, 3.05) is 33.7 Å². The molecular weight excluding hydrogens is 770 g/mol. The van der Waals surface area contributed by atoms with E-state index in [0.717, 1.165) is 39.6 Å². The van der Waals surface area contributed by atoms with Gasteiger partial charge in [0.15, 0.2) is 0 Å².